The number of rotatable bonds is 2. The van der Waals surface area contributed by atoms with Crippen LogP contribution in [0, 0.1) is 5.82 Å². The van der Waals surface area contributed by atoms with Gasteiger partial charge >= 0.3 is 0 Å². The van der Waals surface area contributed by atoms with Gasteiger partial charge in [0.25, 0.3) is 0 Å². The molecule has 0 saturated carbocycles. The number of anilines is 2. The lowest BCUT2D eigenvalue weighted by Crippen LogP contribution is -2.35. The highest BCUT2D eigenvalue weighted by atomic mass is 19.1. The number of nitrogens with zero attached hydrogens (tertiary/aromatic N) is 2. The Kier molecular flexibility index (Phi) is 3.12. The molecule has 0 spiro atoms. The minimum absolute atomic E-state index is 0.241. The van der Waals surface area contributed by atoms with Crippen LogP contribution in [-0.2, 0) is 0 Å². The van der Waals surface area contributed by atoms with E-state index >= 15 is 0 Å². The number of hydrogen-bond acceptors (Lipinski definition) is 3. The van der Waals surface area contributed by atoms with Crippen LogP contribution in [0.15, 0.2) is 18.2 Å². The summed E-state index contributed by atoms with van der Waals surface area (Å²) in [6, 6.07) is 5.47. The zero-order valence-corrected chi connectivity index (χ0v) is 10.6. The normalized spacial score (nSPS) is 24.9. The van der Waals surface area contributed by atoms with Gasteiger partial charge in [-0.05, 0) is 50.6 Å². The topological polar surface area (TPSA) is 32.5 Å². The number of likely N-dealkylation sites (tertiary alicyclic amines) is 1. The van der Waals surface area contributed by atoms with Crippen LogP contribution in [0.1, 0.15) is 19.3 Å². The Morgan fingerprint density at radius 2 is 1.89 bits per heavy atom. The van der Waals surface area contributed by atoms with Gasteiger partial charge in [-0.15, -0.1) is 0 Å². The Morgan fingerprint density at radius 1 is 1.11 bits per heavy atom. The second-order valence-corrected chi connectivity index (χ2v) is 5.37. The lowest BCUT2D eigenvalue weighted by atomic mass is 10.2. The van der Waals surface area contributed by atoms with Gasteiger partial charge in [0, 0.05) is 30.5 Å². The van der Waals surface area contributed by atoms with Crippen molar-refractivity contribution in [3.8, 4) is 0 Å². The van der Waals surface area contributed by atoms with Gasteiger partial charge in [0.2, 0.25) is 0 Å². The third-order valence-corrected chi connectivity index (χ3v) is 4.09. The molecule has 2 N–H and O–H groups in total. The summed E-state index contributed by atoms with van der Waals surface area (Å²) in [5.74, 6) is -0.241. The highest BCUT2D eigenvalue weighted by molar-refractivity contribution is 5.57. The van der Waals surface area contributed by atoms with E-state index < -0.39 is 0 Å². The Hall–Kier alpha value is -1.29. The third kappa shape index (κ3) is 2.29. The molecule has 0 aromatic heterocycles. The summed E-state index contributed by atoms with van der Waals surface area (Å²) in [7, 11) is 0. The molecule has 0 aliphatic carbocycles. The monoisotopic (exact) mass is 249 g/mol. The fraction of sp³-hybridized carbons (Fsp3) is 0.571. The third-order valence-electron chi connectivity index (χ3n) is 4.09. The predicted molar refractivity (Wildman–Crippen MR) is 72.2 cm³/mol. The number of hydrogen-bond donors (Lipinski definition) is 1. The maximum absolute atomic E-state index is 13.4. The van der Waals surface area contributed by atoms with Crippen LogP contribution in [0.2, 0.25) is 0 Å². The van der Waals surface area contributed by atoms with Crippen molar-refractivity contribution in [3.05, 3.63) is 24.0 Å². The smallest absolute Gasteiger partial charge is 0.127 e. The first kappa shape index (κ1) is 11.8. The van der Waals surface area contributed by atoms with Gasteiger partial charge < -0.3 is 10.6 Å². The average molecular weight is 249 g/mol. The summed E-state index contributed by atoms with van der Waals surface area (Å²) in [6.07, 6.45) is 3.82. The molecular formula is C14H20FN3. The van der Waals surface area contributed by atoms with Crippen molar-refractivity contribution < 1.29 is 4.39 Å². The van der Waals surface area contributed by atoms with E-state index in [9.17, 15) is 4.39 Å². The highest BCUT2D eigenvalue weighted by Crippen LogP contribution is 2.27. The van der Waals surface area contributed by atoms with Gasteiger partial charge in [-0.3, -0.25) is 4.90 Å². The van der Waals surface area contributed by atoms with Crippen molar-refractivity contribution >= 4 is 11.4 Å². The van der Waals surface area contributed by atoms with E-state index in [4.69, 9.17) is 5.73 Å². The number of benzene rings is 1. The summed E-state index contributed by atoms with van der Waals surface area (Å²) in [5, 5.41) is 0. The van der Waals surface area contributed by atoms with Gasteiger partial charge in [0.15, 0.2) is 0 Å². The van der Waals surface area contributed by atoms with E-state index in [-0.39, 0.29) is 5.82 Å². The van der Waals surface area contributed by atoms with Crippen molar-refractivity contribution in [2.75, 3.05) is 36.8 Å². The Bertz CT molecular complexity index is 409. The molecule has 2 heterocycles. The zero-order valence-electron chi connectivity index (χ0n) is 10.6. The summed E-state index contributed by atoms with van der Waals surface area (Å²) < 4.78 is 13.4. The van der Waals surface area contributed by atoms with E-state index in [0.717, 1.165) is 18.8 Å². The molecule has 2 aliphatic rings. The number of nitrogen functional groups attached to an aromatic ring is 1. The Labute approximate surface area is 107 Å². The molecule has 1 unspecified atom stereocenters. The van der Waals surface area contributed by atoms with E-state index in [1.54, 1.807) is 6.07 Å². The maximum Gasteiger partial charge on any atom is 0.127 e. The molecule has 4 heteroatoms. The molecule has 0 bridgehead atoms. The van der Waals surface area contributed by atoms with E-state index in [1.165, 1.54) is 38.4 Å². The van der Waals surface area contributed by atoms with Gasteiger partial charge in [-0.2, -0.15) is 0 Å². The van der Waals surface area contributed by atoms with Gasteiger partial charge in [-0.25, -0.2) is 4.39 Å². The van der Waals surface area contributed by atoms with Gasteiger partial charge in [0.05, 0.1) is 0 Å². The zero-order chi connectivity index (χ0) is 12.5. The van der Waals surface area contributed by atoms with E-state index in [1.807, 2.05) is 6.07 Å². The molecule has 2 saturated heterocycles. The summed E-state index contributed by atoms with van der Waals surface area (Å²) in [4.78, 5) is 4.82. The molecule has 0 amide bonds. The molecule has 1 atom stereocenters. The standard InChI is InChI=1S/C14H20FN3/c15-11-7-12(16)9-14(8-11)18-6-3-13(10-18)17-4-1-2-5-17/h7-9,13H,1-6,10,16H2. The van der Waals surface area contributed by atoms with Crippen LogP contribution >= 0.6 is 0 Å². The molecule has 3 rings (SSSR count). The van der Waals surface area contributed by atoms with E-state index in [2.05, 4.69) is 9.80 Å². The van der Waals surface area contributed by atoms with Crippen LogP contribution in [-0.4, -0.2) is 37.1 Å². The lowest BCUT2D eigenvalue weighted by Gasteiger charge is -2.24. The summed E-state index contributed by atoms with van der Waals surface area (Å²) in [6.45, 7) is 4.46. The Morgan fingerprint density at radius 3 is 2.61 bits per heavy atom. The highest BCUT2D eigenvalue weighted by Gasteiger charge is 2.29. The fourth-order valence-corrected chi connectivity index (χ4v) is 3.16. The average Bonchev–Trinajstić information content (AvgIpc) is 2.99. The maximum atomic E-state index is 13.4. The van der Waals surface area contributed by atoms with Crippen molar-refractivity contribution in [3.63, 3.8) is 0 Å². The first-order valence-electron chi connectivity index (χ1n) is 6.77. The first-order chi connectivity index (χ1) is 8.72. The van der Waals surface area contributed by atoms with Crippen LogP contribution in [0.25, 0.3) is 0 Å². The fourth-order valence-electron chi connectivity index (χ4n) is 3.16. The van der Waals surface area contributed by atoms with Gasteiger partial charge in [-0.1, -0.05) is 0 Å². The number of nitrogens with two attached hydrogens (primary N) is 1. The molecule has 2 aliphatic heterocycles. The molecule has 0 radical (unpaired) electrons. The first-order valence-corrected chi connectivity index (χ1v) is 6.77. The second-order valence-electron chi connectivity index (χ2n) is 5.37. The minimum atomic E-state index is -0.241. The molecular weight excluding hydrogens is 229 g/mol. The van der Waals surface area contributed by atoms with Gasteiger partial charge in [0.1, 0.15) is 5.82 Å². The largest absolute Gasteiger partial charge is 0.399 e. The Balaban J connectivity index is 1.70. The quantitative estimate of drug-likeness (QED) is 0.815. The molecule has 98 valence electrons. The van der Waals surface area contributed by atoms with Crippen molar-refractivity contribution in [2.24, 2.45) is 0 Å². The van der Waals surface area contributed by atoms with Crippen molar-refractivity contribution in [1.29, 1.82) is 0 Å². The van der Waals surface area contributed by atoms with Crippen LogP contribution < -0.4 is 10.6 Å². The summed E-state index contributed by atoms with van der Waals surface area (Å²) in [5.41, 5.74) is 7.14. The second kappa shape index (κ2) is 4.76. The van der Waals surface area contributed by atoms with Crippen LogP contribution in [0.5, 0.6) is 0 Å². The molecule has 3 nitrogen and oxygen atoms in total. The van der Waals surface area contributed by atoms with E-state index in [0.29, 0.717) is 11.7 Å². The molecule has 1 aromatic carbocycles. The molecule has 1 aromatic rings. The van der Waals surface area contributed by atoms with Crippen molar-refractivity contribution in [1.82, 2.24) is 4.90 Å². The predicted octanol–water partition coefficient (Wildman–Crippen LogP) is 2.08. The molecule has 18 heavy (non-hydrogen) atoms. The SMILES string of the molecule is Nc1cc(F)cc(N2CCC(N3CCCC3)C2)c1. The van der Waals surface area contributed by atoms with Crippen LogP contribution in [0.4, 0.5) is 15.8 Å². The minimum Gasteiger partial charge on any atom is -0.399 e. The van der Waals surface area contributed by atoms with Crippen molar-refractivity contribution in [2.45, 2.75) is 25.3 Å². The molecule has 2 fully saturated rings. The number of halogens is 1. The lowest BCUT2D eigenvalue weighted by molar-refractivity contribution is 0.260. The summed E-state index contributed by atoms with van der Waals surface area (Å²) >= 11 is 0. The van der Waals surface area contributed by atoms with Crippen LogP contribution in [0.3, 0.4) is 0 Å².